The van der Waals surface area contributed by atoms with Gasteiger partial charge in [-0.05, 0) is 38.9 Å². The molecule has 2 aromatic rings. The summed E-state index contributed by atoms with van der Waals surface area (Å²) in [5.74, 6) is 0.212. The zero-order valence-electron chi connectivity index (χ0n) is 15.4. The number of nitrogens with one attached hydrogen (secondary N) is 1. The van der Waals surface area contributed by atoms with E-state index in [0.29, 0.717) is 38.9 Å². The van der Waals surface area contributed by atoms with E-state index in [-0.39, 0.29) is 11.8 Å². The summed E-state index contributed by atoms with van der Waals surface area (Å²) in [6, 6.07) is 5.84. The predicted octanol–water partition coefficient (Wildman–Crippen LogP) is 0.608. The number of rotatable bonds is 2. The van der Waals surface area contributed by atoms with Gasteiger partial charge in [0.2, 0.25) is 11.8 Å². The largest absolute Gasteiger partial charge is 0.353 e. The number of fused-ring (bicyclic) bond motifs is 1. The summed E-state index contributed by atoms with van der Waals surface area (Å²) in [7, 11) is 2.01. The molecule has 2 amide bonds. The number of aromatic nitrogens is 2. The average molecular weight is 355 g/mol. The SMILES string of the molecule is Cc1nc2ccccn2c1CC(=O)N1CCC2(CC1)C(=O)NCCN2C. The number of hydrogen-bond acceptors (Lipinski definition) is 4. The lowest BCUT2D eigenvalue weighted by atomic mass is 9.83. The maximum atomic E-state index is 12.9. The van der Waals surface area contributed by atoms with Crippen LogP contribution >= 0.6 is 0 Å². The summed E-state index contributed by atoms with van der Waals surface area (Å²) < 4.78 is 1.99. The lowest BCUT2D eigenvalue weighted by Crippen LogP contribution is -2.67. The molecule has 2 fully saturated rings. The number of imidazole rings is 1. The van der Waals surface area contributed by atoms with Gasteiger partial charge in [0.1, 0.15) is 11.2 Å². The van der Waals surface area contributed by atoms with Gasteiger partial charge in [-0.15, -0.1) is 0 Å². The minimum atomic E-state index is -0.450. The Balaban J connectivity index is 1.47. The molecule has 0 saturated carbocycles. The van der Waals surface area contributed by atoms with Crippen molar-refractivity contribution in [2.45, 2.75) is 31.7 Å². The molecule has 4 heterocycles. The van der Waals surface area contributed by atoms with Crippen LogP contribution in [0, 0.1) is 6.92 Å². The lowest BCUT2D eigenvalue weighted by Gasteiger charge is -2.48. The summed E-state index contributed by atoms with van der Waals surface area (Å²) in [5, 5.41) is 2.99. The van der Waals surface area contributed by atoms with Crippen LogP contribution in [0.3, 0.4) is 0 Å². The fourth-order valence-electron chi connectivity index (χ4n) is 4.26. The number of amides is 2. The monoisotopic (exact) mass is 355 g/mol. The third kappa shape index (κ3) is 2.67. The molecule has 2 aromatic heterocycles. The molecule has 2 saturated heterocycles. The molecule has 0 radical (unpaired) electrons. The first-order valence-corrected chi connectivity index (χ1v) is 9.21. The van der Waals surface area contributed by atoms with Gasteiger partial charge in [-0.25, -0.2) is 4.98 Å². The van der Waals surface area contributed by atoms with Crippen molar-refractivity contribution in [3.8, 4) is 0 Å². The predicted molar refractivity (Wildman–Crippen MR) is 97.8 cm³/mol. The fourth-order valence-corrected chi connectivity index (χ4v) is 4.26. The molecule has 0 aromatic carbocycles. The molecule has 0 atom stereocenters. The standard InChI is InChI=1S/C19H25N5O2/c1-14-15(24-9-4-3-5-16(24)21-14)13-17(25)23-10-6-19(7-11-23)18(26)20-8-12-22(19)2/h3-5,9H,6-8,10-13H2,1-2H3,(H,20,26). The number of hydrogen-bond donors (Lipinski definition) is 1. The van der Waals surface area contributed by atoms with Gasteiger partial charge >= 0.3 is 0 Å². The van der Waals surface area contributed by atoms with Crippen LogP contribution in [0.4, 0.5) is 0 Å². The Morgan fingerprint density at radius 2 is 2.04 bits per heavy atom. The quantitative estimate of drug-likeness (QED) is 0.857. The van der Waals surface area contributed by atoms with E-state index < -0.39 is 5.54 Å². The van der Waals surface area contributed by atoms with Crippen LogP contribution in [0.1, 0.15) is 24.2 Å². The Bertz CT molecular complexity index is 851. The molecule has 2 aliphatic heterocycles. The molecule has 1 spiro atoms. The number of aryl methyl sites for hydroxylation is 1. The molecular formula is C19H25N5O2. The van der Waals surface area contributed by atoms with Gasteiger partial charge in [0, 0.05) is 32.4 Å². The van der Waals surface area contributed by atoms with Crippen molar-refractivity contribution in [2.75, 3.05) is 33.2 Å². The Kier molecular flexibility index (Phi) is 4.19. The van der Waals surface area contributed by atoms with Crippen LogP contribution in [0.2, 0.25) is 0 Å². The van der Waals surface area contributed by atoms with Crippen molar-refractivity contribution in [2.24, 2.45) is 0 Å². The van der Waals surface area contributed by atoms with Gasteiger partial charge in [0.05, 0.1) is 17.8 Å². The minimum Gasteiger partial charge on any atom is -0.353 e. The first kappa shape index (κ1) is 17.0. The summed E-state index contributed by atoms with van der Waals surface area (Å²) >= 11 is 0. The third-order valence-corrected chi connectivity index (χ3v) is 5.98. The lowest BCUT2D eigenvalue weighted by molar-refractivity contribution is -0.144. The Morgan fingerprint density at radius 1 is 1.27 bits per heavy atom. The molecule has 2 aliphatic rings. The van der Waals surface area contributed by atoms with E-state index >= 15 is 0 Å². The molecule has 0 bridgehead atoms. The van der Waals surface area contributed by atoms with Crippen LogP contribution in [-0.2, 0) is 16.0 Å². The number of piperazine rings is 1. The molecule has 0 aliphatic carbocycles. The average Bonchev–Trinajstić information content (AvgIpc) is 2.96. The van der Waals surface area contributed by atoms with E-state index in [0.717, 1.165) is 23.6 Å². The number of carbonyl (C=O) groups is 2. The Hall–Kier alpha value is -2.41. The summed E-state index contributed by atoms with van der Waals surface area (Å²) in [6.45, 7) is 4.74. The zero-order valence-corrected chi connectivity index (χ0v) is 15.4. The Morgan fingerprint density at radius 3 is 2.77 bits per heavy atom. The van der Waals surface area contributed by atoms with Gasteiger partial charge in [-0.2, -0.15) is 0 Å². The number of pyridine rings is 1. The number of likely N-dealkylation sites (tertiary alicyclic amines) is 1. The number of piperidine rings is 1. The molecule has 138 valence electrons. The van der Waals surface area contributed by atoms with Crippen molar-refractivity contribution in [3.05, 3.63) is 35.8 Å². The fraction of sp³-hybridized carbons (Fsp3) is 0.526. The van der Waals surface area contributed by atoms with Crippen molar-refractivity contribution < 1.29 is 9.59 Å². The number of likely N-dealkylation sites (N-methyl/N-ethyl adjacent to an activating group) is 1. The summed E-state index contributed by atoms with van der Waals surface area (Å²) in [6.07, 6.45) is 3.66. The smallest absolute Gasteiger partial charge is 0.240 e. The van der Waals surface area contributed by atoms with Gasteiger partial charge in [0.25, 0.3) is 0 Å². The van der Waals surface area contributed by atoms with Gasteiger partial charge in [-0.3, -0.25) is 14.5 Å². The van der Waals surface area contributed by atoms with Crippen LogP contribution in [0.25, 0.3) is 5.65 Å². The highest BCUT2D eigenvalue weighted by molar-refractivity contribution is 5.88. The van der Waals surface area contributed by atoms with E-state index in [2.05, 4.69) is 15.2 Å². The number of nitrogens with zero attached hydrogens (tertiary/aromatic N) is 4. The van der Waals surface area contributed by atoms with Crippen molar-refractivity contribution >= 4 is 17.5 Å². The van der Waals surface area contributed by atoms with Crippen LogP contribution in [0.5, 0.6) is 0 Å². The second-order valence-corrected chi connectivity index (χ2v) is 7.34. The molecular weight excluding hydrogens is 330 g/mol. The number of carbonyl (C=O) groups excluding carboxylic acids is 2. The third-order valence-electron chi connectivity index (χ3n) is 5.98. The minimum absolute atomic E-state index is 0.104. The normalized spacial score (nSPS) is 20.5. The highest BCUT2D eigenvalue weighted by Crippen LogP contribution is 2.30. The van der Waals surface area contributed by atoms with Gasteiger partial charge in [0.15, 0.2) is 0 Å². The van der Waals surface area contributed by atoms with Crippen LogP contribution in [0.15, 0.2) is 24.4 Å². The van der Waals surface area contributed by atoms with E-state index in [1.807, 2.05) is 47.7 Å². The Labute approximate surface area is 153 Å². The maximum Gasteiger partial charge on any atom is 0.240 e. The highest BCUT2D eigenvalue weighted by Gasteiger charge is 2.46. The summed E-state index contributed by atoms with van der Waals surface area (Å²) in [4.78, 5) is 33.9. The molecule has 7 heteroatoms. The molecule has 0 unspecified atom stereocenters. The second-order valence-electron chi connectivity index (χ2n) is 7.34. The van der Waals surface area contributed by atoms with Crippen molar-refractivity contribution in [1.29, 1.82) is 0 Å². The van der Waals surface area contributed by atoms with Gasteiger partial charge < -0.3 is 14.6 Å². The molecule has 4 rings (SSSR count). The van der Waals surface area contributed by atoms with E-state index in [4.69, 9.17) is 0 Å². The van der Waals surface area contributed by atoms with E-state index in [1.54, 1.807) is 0 Å². The zero-order chi connectivity index (χ0) is 18.3. The first-order valence-electron chi connectivity index (χ1n) is 9.21. The molecule has 26 heavy (non-hydrogen) atoms. The topological polar surface area (TPSA) is 70.0 Å². The highest BCUT2D eigenvalue weighted by atomic mass is 16.2. The first-order chi connectivity index (χ1) is 12.5. The maximum absolute atomic E-state index is 12.9. The van der Waals surface area contributed by atoms with E-state index in [1.165, 1.54) is 0 Å². The molecule has 7 nitrogen and oxygen atoms in total. The van der Waals surface area contributed by atoms with Crippen LogP contribution < -0.4 is 5.32 Å². The summed E-state index contributed by atoms with van der Waals surface area (Å²) in [5.41, 5.74) is 2.25. The van der Waals surface area contributed by atoms with Gasteiger partial charge in [-0.1, -0.05) is 6.07 Å². The van der Waals surface area contributed by atoms with E-state index in [9.17, 15) is 9.59 Å². The van der Waals surface area contributed by atoms with Crippen LogP contribution in [-0.4, -0.2) is 69.8 Å². The molecule has 1 N–H and O–H groups in total. The second kappa shape index (κ2) is 6.39. The van der Waals surface area contributed by atoms with Crippen molar-refractivity contribution in [1.82, 2.24) is 24.5 Å². The van der Waals surface area contributed by atoms with Crippen molar-refractivity contribution in [3.63, 3.8) is 0 Å².